The van der Waals surface area contributed by atoms with Gasteiger partial charge in [0.05, 0.1) is 0 Å². The Morgan fingerprint density at radius 2 is 1.42 bits per heavy atom. The van der Waals surface area contributed by atoms with Gasteiger partial charge in [-0.05, 0) is 41.0 Å². The van der Waals surface area contributed by atoms with Crippen molar-refractivity contribution in [2.24, 2.45) is 0 Å². The summed E-state index contributed by atoms with van der Waals surface area (Å²) in [5, 5.41) is 19.3. The highest BCUT2D eigenvalue weighted by Crippen LogP contribution is 2.42. The molecule has 1 aliphatic heterocycles. The van der Waals surface area contributed by atoms with Crippen LogP contribution in [0.25, 0.3) is 11.1 Å². The first-order chi connectivity index (χ1) is 11.7. The van der Waals surface area contributed by atoms with Crippen LogP contribution in [0, 0.1) is 0 Å². The molecule has 0 amide bonds. The summed E-state index contributed by atoms with van der Waals surface area (Å²) in [6.45, 7) is 0.427. The maximum Gasteiger partial charge on any atom is 0.131 e. The van der Waals surface area contributed by atoms with Crippen LogP contribution >= 0.6 is 0 Å². The van der Waals surface area contributed by atoms with Crippen molar-refractivity contribution < 1.29 is 14.9 Å². The van der Waals surface area contributed by atoms with Gasteiger partial charge in [0.25, 0.3) is 0 Å². The van der Waals surface area contributed by atoms with Gasteiger partial charge in [-0.25, -0.2) is 0 Å². The van der Waals surface area contributed by atoms with E-state index < -0.39 is 0 Å². The largest absolute Gasteiger partial charge is 0.508 e. The summed E-state index contributed by atoms with van der Waals surface area (Å²) in [6, 6.07) is 22.4. The SMILES string of the molecule is Oc1ccc(C2=C(c3ccccc3)COc3cc(O)ccc32)cc1. The molecule has 3 aromatic carbocycles. The monoisotopic (exact) mass is 316 g/mol. The van der Waals surface area contributed by atoms with Crippen molar-refractivity contribution in [3.8, 4) is 17.2 Å². The summed E-state index contributed by atoms with van der Waals surface area (Å²) in [7, 11) is 0. The summed E-state index contributed by atoms with van der Waals surface area (Å²) in [4.78, 5) is 0. The molecule has 0 spiro atoms. The molecule has 3 heteroatoms. The fourth-order valence-electron chi connectivity index (χ4n) is 3.05. The molecule has 1 aliphatic rings. The number of aromatic hydroxyl groups is 2. The summed E-state index contributed by atoms with van der Waals surface area (Å²) in [5.41, 5.74) is 5.17. The van der Waals surface area contributed by atoms with E-state index in [1.165, 1.54) is 0 Å². The maximum atomic E-state index is 9.74. The van der Waals surface area contributed by atoms with E-state index in [2.05, 4.69) is 12.1 Å². The zero-order chi connectivity index (χ0) is 16.5. The van der Waals surface area contributed by atoms with Crippen molar-refractivity contribution in [2.75, 3.05) is 6.61 Å². The smallest absolute Gasteiger partial charge is 0.131 e. The lowest BCUT2D eigenvalue weighted by molar-refractivity contribution is 0.361. The van der Waals surface area contributed by atoms with E-state index in [9.17, 15) is 10.2 Å². The number of ether oxygens (including phenoxy) is 1. The summed E-state index contributed by atoms with van der Waals surface area (Å²) < 4.78 is 5.88. The van der Waals surface area contributed by atoms with Crippen molar-refractivity contribution in [3.63, 3.8) is 0 Å². The first-order valence-corrected chi connectivity index (χ1v) is 7.76. The first kappa shape index (κ1) is 14.4. The van der Waals surface area contributed by atoms with Crippen LogP contribution in [0.4, 0.5) is 0 Å². The van der Waals surface area contributed by atoms with Gasteiger partial charge < -0.3 is 14.9 Å². The van der Waals surface area contributed by atoms with E-state index in [1.54, 1.807) is 24.3 Å². The molecular formula is C21H16O3. The van der Waals surface area contributed by atoms with Crippen molar-refractivity contribution in [3.05, 3.63) is 89.5 Å². The number of hydrogen-bond donors (Lipinski definition) is 2. The molecule has 0 saturated carbocycles. The molecule has 3 nitrogen and oxygen atoms in total. The average molecular weight is 316 g/mol. The number of rotatable bonds is 2. The molecule has 0 atom stereocenters. The predicted octanol–water partition coefficient (Wildman–Crippen LogP) is 4.45. The van der Waals surface area contributed by atoms with E-state index >= 15 is 0 Å². The van der Waals surface area contributed by atoms with Gasteiger partial charge in [-0.1, -0.05) is 42.5 Å². The number of fused-ring (bicyclic) bond motifs is 1. The topological polar surface area (TPSA) is 49.7 Å². The molecule has 0 saturated heterocycles. The van der Waals surface area contributed by atoms with E-state index in [4.69, 9.17) is 4.74 Å². The van der Waals surface area contributed by atoms with Crippen molar-refractivity contribution in [2.45, 2.75) is 0 Å². The Kier molecular flexibility index (Phi) is 3.47. The first-order valence-electron chi connectivity index (χ1n) is 7.76. The molecule has 0 unspecified atom stereocenters. The van der Waals surface area contributed by atoms with Crippen LogP contribution in [0.3, 0.4) is 0 Å². The van der Waals surface area contributed by atoms with Crippen LogP contribution in [-0.4, -0.2) is 16.8 Å². The average Bonchev–Trinajstić information content (AvgIpc) is 2.62. The molecule has 24 heavy (non-hydrogen) atoms. The van der Waals surface area contributed by atoms with E-state index in [1.807, 2.05) is 36.4 Å². The fourth-order valence-corrected chi connectivity index (χ4v) is 3.05. The minimum atomic E-state index is 0.182. The van der Waals surface area contributed by atoms with E-state index in [0.717, 1.165) is 27.8 Å². The number of phenols is 2. The Morgan fingerprint density at radius 1 is 0.708 bits per heavy atom. The number of benzene rings is 3. The quantitative estimate of drug-likeness (QED) is 0.734. The molecule has 0 fully saturated rings. The third-order valence-electron chi connectivity index (χ3n) is 4.19. The highest BCUT2D eigenvalue weighted by molar-refractivity contribution is 6.01. The lowest BCUT2D eigenvalue weighted by Crippen LogP contribution is -2.11. The van der Waals surface area contributed by atoms with Gasteiger partial charge in [0.1, 0.15) is 23.9 Å². The molecule has 0 radical (unpaired) electrons. The highest BCUT2D eigenvalue weighted by Gasteiger charge is 2.23. The minimum absolute atomic E-state index is 0.182. The van der Waals surface area contributed by atoms with Crippen molar-refractivity contribution in [1.82, 2.24) is 0 Å². The van der Waals surface area contributed by atoms with Crippen LogP contribution in [-0.2, 0) is 0 Å². The van der Waals surface area contributed by atoms with Gasteiger partial charge in [-0.2, -0.15) is 0 Å². The Labute approximate surface area is 140 Å². The van der Waals surface area contributed by atoms with Gasteiger partial charge in [0, 0.05) is 17.2 Å². The van der Waals surface area contributed by atoms with Gasteiger partial charge in [-0.3, -0.25) is 0 Å². The normalized spacial score (nSPS) is 13.3. The fraction of sp³-hybridized carbons (Fsp3) is 0.0476. The molecule has 1 heterocycles. The number of phenolic OH excluding ortho intramolecular Hbond substituents is 2. The summed E-state index contributed by atoms with van der Waals surface area (Å²) in [5.74, 6) is 1.08. The van der Waals surface area contributed by atoms with E-state index in [0.29, 0.717) is 12.4 Å². The molecule has 2 N–H and O–H groups in total. The Balaban J connectivity index is 1.98. The number of hydrogen-bond acceptors (Lipinski definition) is 3. The van der Waals surface area contributed by atoms with Crippen LogP contribution < -0.4 is 4.74 Å². The summed E-state index contributed by atoms with van der Waals surface area (Å²) in [6.07, 6.45) is 0. The van der Waals surface area contributed by atoms with Gasteiger partial charge in [-0.15, -0.1) is 0 Å². The molecule has 0 aliphatic carbocycles. The zero-order valence-corrected chi connectivity index (χ0v) is 12.9. The maximum absolute atomic E-state index is 9.74. The standard InChI is InChI=1S/C21H16O3/c22-16-8-6-15(7-9-16)21-18-11-10-17(23)12-20(18)24-13-19(21)14-4-2-1-3-5-14/h1-12,22-23H,13H2. The van der Waals surface area contributed by atoms with Gasteiger partial charge in [0.2, 0.25) is 0 Å². The van der Waals surface area contributed by atoms with Crippen molar-refractivity contribution >= 4 is 11.1 Å². The molecule has 0 bridgehead atoms. The van der Waals surface area contributed by atoms with Gasteiger partial charge in [0.15, 0.2) is 0 Å². The molecule has 118 valence electrons. The Morgan fingerprint density at radius 3 is 2.17 bits per heavy atom. The minimum Gasteiger partial charge on any atom is -0.508 e. The second kappa shape index (κ2) is 5.78. The van der Waals surface area contributed by atoms with Crippen LogP contribution in [0.1, 0.15) is 16.7 Å². The zero-order valence-electron chi connectivity index (χ0n) is 12.9. The predicted molar refractivity (Wildman–Crippen MR) is 94.1 cm³/mol. The van der Waals surface area contributed by atoms with Crippen LogP contribution in [0.2, 0.25) is 0 Å². The lowest BCUT2D eigenvalue weighted by atomic mass is 9.88. The molecule has 3 aromatic rings. The van der Waals surface area contributed by atoms with Crippen molar-refractivity contribution in [1.29, 1.82) is 0 Å². The van der Waals surface area contributed by atoms with Crippen LogP contribution in [0.15, 0.2) is 72.8 Å². The van der Waals surface area contributed by atoms with Gasteiger partial charge >= 0.3 is 0 Å². The molecule has 4 rings (SSSR count). The van der Waals surface area contributed by atoms with Crippen LogP contribution in [0.5, 0.6) is 17.2 Å². The summed E-state index contributed by atoms with van der Waals surface area (Å²) >= 11 is 0. The lowest BCUT2D eigenvalue weighted by Gasteiger charge is -2.25. The second-order valence-corrected chi connectivity index (χ2v) is 5.74. The third kappa shape index (κ3) is 2.50. The highest BCUT2D eigenvalue weighted by atomic mass is 16.5. The Hall–Kier alpha value is -3.20. The second-order valence-electron chi connectivity index (χ2n) is 5.74. The Bertz CT molecular complexity index is 910. The molecule has 0 aromatic heterocycles. The third-order valence-corrected chi connectivity index (χ3v) is 4.19. The van der Waals surface area contributed by atoms with E-state index in [-0.39, 0.29) is 11.5 Å². The molecular weight excluding hydrogens is 300 g/mol.